The summed E-state index contributed by atoms with van der Waals surface area (Å²) in [4.78, 5) is 0. The maximum atomic E-state index is 11.2. The summed E-state index contributed by atoms with van der Waals surface area (Å²) in [6.07, 6.45) is 1.17. The van der Waals surface area contributed by atoms with Crippen LogP contribution in [0.3, 0.4) is 0 Å². The van der Waals surface area contributed by atoms with Crippen molar-refractivity contribution in [2.45, 2.75) is 51.9 Å². The zero-order valence-corrected chi connectivity index (χ0v) is 11.8. The van der Waals surface area contributed by atoms with Gasteiger partial charge < -0.3 is 0 Å². The molecular formula is C9H21NO2PS+. The number of hydrogen-bond acceptors (Lipinski definition) is 2. The van der Waals surface area contributed by atoms with E-state index in [2.05, 4.69) is 4.15 Å². The molecule has 0 radical (unpaired) electrons. The van der Waals surface area contributed by atoms with E-state index in [1.54, 1.807) is 0 Å². The summed E-state index contributed by atoms with van der Waals surface area (Å²) in [5.41, 5.74) is 0. The molecule has 0 aromatic carbocycles. The Bertz CT molecular complexity index is 315. The van der Waals surface area contributed by atoms with Crippen LogP contribution < -0.4 is 0 Å². The molecule has 84 valence electrons. The van der Waals surface area contributed by atoms with E-state index in [-0.39, 0.29) is 10.3 Å². The third-order valence-electron chi connectivity index (χ3n) is 1.50. The molecule has 0 aliphatic rings. The lowest BCUT2D eigenvalue weighted by molar-refractivity contribution is 0.603. The first-order valence-corrected chi connectivity index (χ1v) is 7.71. The van der Waals surface area contributed by atoms with E-state index in [4.69, 9.17) is 0 Å². The Balaban J connectivity index is 5.49. The van der Waals surface area contributed by atoms with Gasteiger partial charge in [0.2, 0.25) is 7.71 Å². The normalized spacial score (nSPS) is 13.9. The average molecular weight is 238 g/mol. The molecule has 5 heteroatoms. The first-order valence-electron chi connectivity index (χ1n) is 4.57. The lowest BCUT2D eigenvalue weighted by Crippen LogP contribution is -2.21. The Morgan fingerprint density at radius 1 is 0.929 bits per heavy atom. The molecule has 0 atom stereocenters. The van der Waals surface area contributed by atoms with Gasteiger partial charge in [-0.25, -0.2) is 8.42 Å². The van der Waals surface area contributed by atoms with Gasteiger partial charge in [-0.05, 0) is 41.5 Å². The largest absolute Gasteiger partial charge is 0.285 e. The predicted molar refractivity (Wildman–Crippen MR) is 63.7 cm³/mol. The smallest absolute Gasteiger partial charge is 0.202 e. The van der Waals surface area contributed by atoms with Gasteiger partial charge in [-0.15, -0.1) is 0 Å². The summed E-state index contributed by atoms with van der Waals surface area (Å²) in [5.74, 6) is 0. The summed E-state index contributed by atoms with van der Waals surface area (Å²) >= 11 is 0. The van der Waals surface area contributed by atoms with Crippen molar-refractivity contribution in [3.63, 3.8) is 0 Å². The summed E-state index contributed by atoms with van der Waals surface area (Å²) in [6.45, 7) is 12.2. The molecule has 0 saturated heterocycles. The number of rotatable bonds is 1. The first-order chi connectivity index (χ1) is 5.84. The van der Waals surface area contributed by atoms with Gasteiger partial charge >= 0.3 is 0 Å². The molecule has 0 aromatic heterocycles. The number of hydrogen-bond donors (Lipinski definition) is 0. The van der Waals surface area contributed by atoms with Crippen molar-refractivity contribution in [3.8, 4) is 0 Å². The third-order valence-corrected chi connectivity index (χ3v) is 5.88. The highest BCUT2D eigenvalue weighted by molar-refractivity contribution is 7.92. The highest BCUT2D eigenvalue weighted by Crippen LogP contribution is 2.52. The van der Waals surface area contributed by atoms with Gasteiger partial charge in [0.15, 0.2) is 0 Å². The second kappa shape index (κ2) is 3.90. The van der Waals surface area contributed by atoms with E-state index in [1.807, 2.05) is 41.5 Å². The quantitative estimate of drug-likeness (QED) is 0.658. The fourth-order valence-corrected chi connectivity index (χ4v) is 6.56. The minimum Gasteiger partial charge on any atom is -0.202 e. The minimum absolute atomic E-state index is 0.0728. The maximum Gasteiger partial charge on any atom is 0.285 e. The molecule has 0 aliphatic carbocycles. The van der Waals surface area contributed by atoms with Crippen LogP contribution in [0.15, 0.2) is 4.15 Å². The van der Waals surface area contributed by atoms with Crippen molar-refractivity contribution < 1.29 is 8.42 Å². The van der Waals surface area contributed by atoms with E-state index in [0.29, 0.717) is 0 Å². The zero-order valence-electron chi connectivity index (χ0n) is 10.1. The van der Waals surface area contributed by atoms with Crippen LogP contribution in [0.4, 0.5) is 0 Å². The van der Waals surface area contributed by atoms with Gasteiger partial charge in [0.1, 0.15) is 10.3 Å². The fraction of sp³-hybridized carbons (Fsp3) is 1.00. The van der Waals surface area contributed by atoms with Gasteiger partial charge in [0.05, 0.1) is 6.26 Å². The monoisotopic (exact) mass is 238 g/mol. The molecule has 0 aromatic rings. The van der Waals surface area contributed by atoms with Crippen molar-refractivity contribution in [2.24, 2.45) is 4.15 Å². The second-order valence-electron chi connectivity index (χ2n) is 5.47. The molecule has 0 bridgehead atoms. The second-order valence-corrected chi connectivity index (χ2v) is 10.9. The lowest BCUT2D eigenvalue weighted by Gasteiger charge is -2.19. The third kappa shape index (κ3) is 5.06. The van der Waals surface area contributed by atoms with Crippen molar-refractivity contribution >= 4 is 17.7 Å². The Labute approximate surface area is 88.8 Å². The van der Waals surface area contributed by atoms with Gasteiger partial charge in [0, 0.05) is 4.15 Å². The van der Waals surface area contributed by atoms with Gasteiger partial charge in [-0.2, -0.15) is 0 Å². The van der Waals surface area contributed by atoms with Gasteiger partial charge in [-0.3, -0.25) is 0 Å². The Kier molecular flexibility index (Phi) is 3.91. The van der Waals surface area contributed by atoms with Crippen molar-refractivity contribution in [1.82, 2.24) is 0 Å². The topological polar surface area (TPSA) is 46.5 Å². The number of sulfonamides is 1. The van der Waals surface area contributed by atoms with Crippen molar-refractivity contribution in [3.05, 3.63) is 0 Å². The molecule has 0 rings (SSSR count). The molecule has 14 heavy (non-hydrogen) atoms. The van der Waals surface area contributed by atoms with E-state index in [9.17, 15) is 8.42 Å². The predicted octanol–water partition coefficient (Wildman–Crippen LogP) is 3.21. The lowest BCUT2D eigenvalue weighted by atomic mass is 10.2. The highest BCUT2D eigenvalue weighted by atomic mass is 32.2. The Hall–Kier alpha value is 0.0500. The van der Waals surface area contributed by atoms with E-state index >= 15 is 0 Å². The van der Waals surface area contributed by atoms with Crippen LogP contribution >= 0.6 is 7.71 Å². The first kappa shape index (κ1) is 14.1. The fourth-order valence-electron chi connectivity index (χ4n) is 1.40. The molecule has 0 unspecified atom stereocenters. The van der Waals surface area contributed by atoms with Gasteiger partial charge in [-0.1, -0.05) is 0 Å². The SMILES string of the molecule is CC(C)(C)[P+](=NS(C)(=O)=O)C(C)(C)C. The number of nitrogens with zero attached hydrogens (tertiary/aromatic N) is 1. The summed E-state index contributed by atoms with van der Waals surface area (Å²) in [6, 6.07) is 0. The van der Waals surface area contributed by atoms with Crippen molar-refractivity contribution in [2.75, 3.05) is 6.26 Å². The Morgan fingerprint density at radius 3 is 1.29 bits per heavy atom. The summed E-state index contributed by atoms with van der Waals surface area (Å²) in [5, 5.41) is -0.146. The molecule has 0 saturated carbocycles. The Morgan fingerprint density at radius 2 is 1.21 bits per heavy atom. The molecule has 0 spiro atoms. The van der Waals surface area contributed by atoms with Gasteiger partial charge in [0.25, 0.3) is 10.0 Å². The average Bonchev–Trinajstić information content (AvgIpc) is 1.75. The standard InChI is InChI=1S/C9H21NO2PS/c1-8(2,3)13(9(4,5)6)10-14(7,11)12/h1-7H3/q+1. The van der Waals surface area contributed by atoms with Crippen LogP contribution in [0.25, 0.3) is 0 Å². The van der Waals surface area contributed by atoms with E-state index in [0.717, 1.165) is 0 Å². The molecule has 0 heterocycles. The van der Waals surface area contributed by atoms with Crippen LogP contribution in [-0.4, -0.2) is 25.0 Å². The van der Waals surface area contributed by atoms with E-state index < -0.39 is 17.7 Å². The highest BCUT2D eigenvalue weighted by Gasteiger charge is 2.43. The zero-order chi connectivity index (χ0) is 11.8. The molecule has 0 N–H and O–H groups in total. The molecule has 0 aliphatic heterocycles. The maximum absolute atomic E-state index is 11.2. The van der Waals surface area contributed by atoms with Crippen LogP contribution in [0.1, 0.15) is 41.5 Å². The van der Waals surface area contributed by atoms with Crippen LogP contribution in [-0.2, 0) is 10.0 Å². The van der Waals surface area contributed by atoms with E-state index in [1.165, 1.54) is 6.26 Å². The summed E-state index contributed by atoms with van der Waals surface area (Å²) < 4.78 is 26.4. The van der Waals surface area contributed by atoms with Crippen LogP contribution in [0.2, 0.25) is 0 Å². The molecule has 0 fully saturated rings. The van der Waals surface area contributed by atoms with Crippen LogP contribution in [0.5, 0.6) is 0 Å². The summed E-state index contributed by atoms with van der Waals surface area (Å²) in [7, 11) is -4.13. The minimum atomic E-state index is -3.24. The molecule has 0 amide bonds. The van der Waals surface area contributed by atoms with Crippen molar-refractivity contribution in [1.29, 1.82) is 0 Å². The molecular weight excluding hydrogens is 217 g/mol. The van der Waals surface area contributed by atoms with Crippen LogP contribution in [0, 0.1) is 0 Å². The molecule has 3 nitrogen and oxygen atoms in total.